The van der Waals surface area contributed by atoms with Gasteiger partial charge in [0.05, 0.1) is 6.61 Å². The summed E-state index contributed by atoms with van der Waals surface area (Å²) in [5.41, 5.74) is 9.75. The van der Waals surface area contributed by atoms with Gasteiger partial charge in [0.15, 0.2) is 0 Å². The van der Waals surface area contributed by atoms with Crippen molar-refractivity contribution in [3.05, 3.63) is 60.2 Å². The number of hydrogen-bond acceptors (Lipinski definition) is 3. The Morgan fingerprint density at radius 1 is 1.00 bits per heavy atom. The van der Waals surface area contributed by atoms with E-state index in [2.05, 4.69) is 36.4 Å². The zero-order valence-corrected chi connectivity index (χ0v) is 12.5. The summed E-state index contributed by atoms with van der Waals surface area (Å²) in [5.74, 6) is 0.826. The van der Waals surface area contributed by atoms with E-state index in [0.29, 0.717) is 0 Å². The summed E-state index contributed by atoms with van der Waals surface area (Å²) in [5, 5.41) is 9.26. The van der Waals surface area contributed by atoms with Crippen molar-refractivity contribution < 1.29 is 5.11 Å². The molecule has 0 fully saturated rings. The van der Waals surface area contributed by atoms with Gasteiger partial charge in [-0.05, 0) is 16.7 Å². The summed E-state index contributed by atoms with van der Waals surface area (Å²) in [6.07, 6.45) is 0. The van der Waals surface area contributed by atoms with Gasteiger partial charge in [0.2, 0.25) is 0 Å². The number of thioether (sulfide) groups is 1. The fourth-order valence-corrected chi connectivity index (χ4v) is 2.80. The van der Waals surface area contributed by atoms with Crippen LogP contribution in [0.1, 0.15) is 18.5 Å². The number of nitrogens with two attached hydrogens (primary N) is 1. The minimum atomic E-state index is 0.0128. The van der Waals surface area contributed by atoms with Gasteiger partial charge in [-0.1, -0.05) is 61.5 Å². The van der Waals surface area contributed by atoms with E-state index in [9.17, 15) is 0 Å². The third-order valence-corrected chi connectivity index (χ3v) is 4.53. The standard InChI is InChI=1S/C17H21NOS/c1-13(11-19)20-12-17(18)16-9-7-15(8-10-16)14-5-3-2-4-6-14/h2-10,13,17,19H,11-12,18H2,1H3. The van der Waals surface area contributed by atoms with Crippen LogP contribution in [0, 0.1) is 0 Å². The van der Waals surface area contributed by atoms with Crippen LogP contribution in [0.5, 0.6) is 0 Å². The molecule has 106 valence electrons. The van der Waals surface area contributed by atoms with Crippen molar-refractivity contribution in [2.75, 3.05) is 12.4 Å². The first-order valence-corrected chi connectivity index (χ1v) is 7.89. The highest BCUT2D eigenvalue weighted by Gasteiger charge is 2.09. The molecule has 2 nitrogen and oxygen atoms in total. The van der Waals surface area contributed by atoms with Crippen molar-refractivity contribution in [3.63, 3.8) is 0 Å². The molecule has 0 saturated heterocycles. The van der Waals surface area contributed by atoms with Gasteiger partial charge in [-0.15, -0.1) is 0 Å². The minimum Gasteiger partial charge on any atom is -0.395 e. The van der Waals surface area contributed by atoms with Crippen LogP contribution in [0.2, 0.25) is 0 Å². The van der Waals surface area contributed by atoms with Crippen LogP contribution in [0.3, 0.4) is 0 Å². The SMILES string of the molecule is CC(CO)SCC(N)c1ccc(-c2ccccc2)cc1. The van der Waals surface area contributed by atoms with Crippen molar-refractivity contribution in [3.8, 4) is 11.1 Å². The molecule has 0 saturated carbocycles. The molecule has 0 aliphatic carbocycles. The van der Waals surface area contributed by atoms with E-state index in [-0.39, 0.29) is 17.9 Å². The molecule has 0 amide bonds. The normalized spacial score (nSPS) is 13.9. The van der Waals surface area contributed by atoms with E-state index in [0.717, 1.165) is 11.3 Å². The first-order chi connectivity index (χ1) is 9.70. The molecule has 2 rings (SSSR count). The fourth-order valence-electron chi connectivity index (χ4n) is 1.97. The summed E-state index contributed by atoms with van der Waals surface area (Å²) < 4.78 is 0. The summed E-state index contributed by atoms with van der Waals surface area (Å²) >= 11 is 1.70. The van der Waals surface area contributed by atoms with Crippen LogP contribution in [0.4, 0.5) is 0 Å². The monoisotopic (exact) mass is 287 g/mol. The van der Waals surface area contributed by atoms with Gasteiger partial charge in [0.1, 0.15) is 0 Å². The molecule has 3 heteroatoms. The third-order valence-electron chi connectivity index (χ3n) is 3.26. The molecule has 0 radical (unpaired) electrons. The average molecular weight is 287 g/mol. The second kappa shape index (κ2) is 7.48. The van der Waals surface area contributed by atoms with Crippen LogP contribution in [0.25, 0.3) is 11.1 Å². The molecule has 0 bridgehead atoms. The smallest absolute Gasteiger partial charge is 0.0547 e. The Kier molecular flexibility index (Phi) is 5.65. The maximum atomic E-state index is 9.02. The van der Waals surface area contributed by atoms with E-state index in [1.807, 2.05) is 25.1 Å². The molecule has 0 aliphatic rings. The van der Waals surface area contributed by atoms with Crippen LogP contribution in [-0.2, 0) is 0 Å². The second-order valence-electron chi connectivity index (χ2n) is 4.92. The van der Waals surface area contributed by atoms with Gasteiger partial charge in [-0.2, -0.15) is 11.8 Å². The summed E-state index contributed by atoms with van der Waals surface area (Å²) in [6.45, 7) is 2.21. The molecule has 2 atom stereocenters. The Morgan fingerprint density at radius 3 is 2.20 bits per heavy atom. The van der Waals surface area contributed by atoms with Gasteiger partial charge in [-0.25, -0.2) is 0 Å². The van der Waals surface area contributed by atoms with Crippen LogP contribution in [-0.4, -0.2) is 22.7 Å². The lowest BCUT2D eigenvalue weighted by Gasteiger charge is -2.15. The van der Waals surface area contributed by atoms with E-state index < -0.39 is 0 Å². The topological polar surface area (TPSA) is 46.2 Å². The molecule has 0 heterocycles. The minimum absolute atomic E-state index is 0.0128. The maximum absolute atomic E-state index is 9.02. The quantitative estimate of drug-likeness (QED) is 0.855. The largest absolute Gasteiger partial charge is 0.395 e. The predicted octanol–water partition coefficient (Wildman–Crippen LogP) is 3.47. The van der Waals surface area contributed by atoms with E-state index in [1.165, 1.54) is 11.1 Å². The second-order valence-corrected chi connectivity index (χ2v) is 6.39. The molecule has 2 aromatic rings. The first kappa shape index (κ1) is 15.1. The molecule has 2 aromatic carbocycles. The van der Waals surface area contributed by atoms with Crippen molar-refractivity contribution in [2.24, 2.45) is 5.73 Å². The summed E-state index contributed by atoms with van der Waals surface area (Å²) in [4.78, 5) is 0. The molecule has 2 unspecified atom stereocenters. The van der Waals surface area contributed by atoms with Crippen molar-refractivity contribution >= 4 is 11.8 Å². The Morgan fingerprint density at radius 2 is 1.60 bits per heavy atom. The maximum Gasteiger partial charge on any atom is 0.0547 e. The van der Waals surface area contributed by atoms with Gasteiger partial charge >= 0.3 is 0 Å². The Balaban J connectivity index is 2.01. The molecule has 3 N–H and O–H groups in total. The predicted molar refractivity (Wildman–Crippen MR) is 87.8 cm³/mol. The first-order valence-electron chi connectivity index (χ1n) is 6.84. The van der Waals surface area contributed by atoms with E-state index in [1.54, 1.807) is 11.8 Å². The highest BCUT2D eigenvalue weighted by atomic mass is 32.2. The van der Waals surface area contributed by atoms with Crippen molar-refractivity contribution in [2.45, 2.75) is 18.2 Å². The van der Waals surface area contributed by atoms with Crippen LogP contribution in [0.15, 0.2) is 54.6 Å². The lowest BCUT2D eigenvalue weighted by Crippen LogP contribution is -2.15. The lowest BCUT2D eigenvalue weighted by molar-refractivity contribution is 0.300. The average Bonchev–Trinajstić information content (AvgIpc) is 2.53. The summed E-state index contributed by atoms with van der Waals surface area (Å²) in [7, 11) is 0. The highest BCUT2D eigenvalue weighted by molar-refractivity contribution is 7.99. The third kappa shape index (κ3) is 4.10. The number of rotatable bonds is 6. The molecule has 0 spiro atoms. The van der Waals surface area contributed by atoms with Crippen LogP contribution >= 0.6 is 11.8 Å². The Hall–Kier alpha value is -1.29. The van der Waals surface area contributed by atoms with E-state index >= 15 is 0 Å². The molecule has 0 aromatic heterocycles. The van der Waals surface area contributed by atoms with Crippen molar-refractivity contribution in [1.29, 1.82) is 0 Å². The fraction of sp³-hybridized carbons (Fsp3) is 0.294. The summed E-state index contributed by atoms with van der Waals surface area (Å²) in [6, 6.07) is 18.8. The zero-order chi connectivity index (χ0) is 14.4. The Labute approximate surface area is 125 Å². The van der Waals surface area contributed by atoms with Crippen molar-refractivity contribution in [1.82, 2.24) is 0 Å². The van der Waals surface area contributed by atoms with Gasteiger partial charge < -0.3 is 10.8 Å². The van der Waals surface area contributed by atoms with Gasteiger partial charge in [0.25, 0.3) is 0 Å². The van der Waals surface area contributed by atoms with Gasteiger partial charge in [-0.3, -0.25) is 0 Å². The number of aliphatic hydroxyl groups excluding tert-OH is 1. The molecule has 0 aliphatic heterocycles. The molecule has 20 heavy (non-hydrogen) atoms. The van der Waals surface area contributed by atoms with Gasteiger partial charge in [0, 0.05) is 17.0 Å². The number of benzene rings is 2. The molecular weight excluding hydrogens is 266 g/mol. The number of aliphatic hydroxyl groups is 1. The lowest BCUT2D eigenvalue weighted by atomic mass is 10.0. The number of hydrogen-bond donors (Lipinski definition) is 2. The Bertz CT molecular complexity index is 512. The zero-order valence-electron chi connectivity index (χ0n) is 11.7. The molecular formula is C17H21NOS. The van der Waals surface area contributed by atoms with Crippen LogP contribution < -0.4 is 5.73 Å². The van der Waals surface area contributed by atoms with E-state index in [4.69, 9.17) is 10.8 Å². The highest BCUT2D eigenvalue weighted by Crippen LogP contribution is 2.23.